The molecule has 2 amide bonds. The molecule has 0 saturated carbocycles. The van der Waals surface area contributed by atoms with Crippen LogP contribution in [0.4, 0.5) is 4.79 Å². The maximum Gasteiger partial charge on any atom is 0.408 e. The van der Waals surface area contributed by atoms with Crippen LogP contribution in [0.15, 0.2) is 103 Å². The molecule has 7 nitrogen and oxygen atoms in total. The van der Waals surface area contributed by atoms with Crippen molar-refractivity contribution in [2.45, 2.75) is 38.0 Å². The number of carbonyl (C=O) groups is 3. The van der Waals surface area contributed by atoms with Gasteiger partial charge in [0.25, 0.3) is 0 Å². The summed E-state index contributed by atoms with van der Waals surface area (Å²) < 4.78 is 5.57. The van der Waals surface area contributed by atoms with Gasteiger partial charge in [-0.3, -0.25) is 4.79 Å². The van der Waals surface area contributed by atoms with Crippen molar-refractivity contribution >= 4 is 40.0 Å². The summed E-state index contributed by atoms with van der Waals surface area (Å²) in [5.41, 5.74) is 2.40. The van der Waals surface area contributed by atoms with E-state index in [0.717, 1.165) is 44.7 Å². The number of alkyl carbamates (subject to hydrolysis) is 1. The summed E-state index contributed by atoms with van der Waals surface area (Å²) in [5.74, 6) is -0.474. The highest BCUT2D eigenvalue weighted by Gasteiger charge is 2.31. The van der Waals surface area contributed by atoms with Gasteiger partial charge in [-0.2, -0.15) is 0 Å². The third-order valence-electron chi connectivity index (χ3n) is 7.03. The largest absolute Gasteiger partial charge is 0.445 e. The normalized spacial score (nSPS) is 13.3. The van der Waals surface area contributed by atoms with Gasteiger partial charge in [-0.05, 0) is 40.5 Å². The molecule has 0 spiro atoms. The fourth-order valence-electron chi connectivity index (χ4n) is 4.98. The van der Waals surface area contributed by atoms with Gasteiger partial charge >= 0.3 is 6.09 Å². The highest BCUT2D eigenvalue weighted by molar-refractivity contribution is 5.91. The summed E-state index contributed by atoms with van der Waals surface area (Å²) in [6.45, 7) is 1.72. The summed E-state index contributed by atoms with van der Waals surface area (Å²) >= 11 is 0. The van der Waals surface area contributed by atoms with Gasteiger partial charge in [-0.1, -0.05) is 91.0 Å². The lowest BCUT2D eigenvalue weighted by atomic mass is 9.93. The Balaban J connectivity index is 1.34. The first kappa shape index (κ1) is 26.7. The Labute approximate surface area is 232 Å². The van der Waals surface area contributed by atoms with Crippen molar-refractivity contribution in [2.75, 3.05) is 0 Å². The van der Waals surface area contributed by atoms with Gasteiger partial charge in [-0.15, -0.1) is 0 Å². The number of para-hydroxylation sites is 1. The number of aldehydes is 1. The molecule has 7 heteroatoms. The first-order valence-electron chi connectivity index (χ1n) is 13.2. The van der Waals surface area contributed by atoms with Gasteiger partial charge in [0, 0.05) is 29.9 Å². The van der Waals surface area contributed by atoms with Crippen LogP contribution >= 0.6 is 0 Å². The van der Waals surface area contributed by atoms with Crippen molar-refractivity contribution in [1.29, 1.82) is 0 Å². The van der Waals surface area contributed by atoms with Gasteiger partial charge in [0.1, 0.15) is 18.9 Å². The number of aromatic amines is 1. The number of amides is 2. The van der Waals surface area contributed by atoms with Crippen LogP contribution in [-0.4, -0.2) is 34.9 Å². The number of carbonyl (C=O) groups excluding carboxylic acids is 3. The molecule has 0 bridgehead atoms. The predicted molar refractivity (Wildman–Crippen MR) is 156 cm³/mol. The maximum atomic E-state index is 13.6. The fraction of sp³-hybridized carbons (Fsp3) is 0.182. The molecule has 1 aromatic heterocycles. The number of nitrogens with one attached hydrogen (secondary N) is 3. The third kappa shape index (κ3) is 6.21. The van der Waals surface area contributed by atoms with E-state index < -0.39 is 23.6 Å². The van der Waals surface area contributed by atoms with Crippen LogP contribution in [-0.2, 0) is 33.8 Å². The number of H-pyrrole nitrogens is 1. The minimum Gasteiger partial charge on any atom is -0.445 e. The number of rotatable bonds is 10. The number of benzene rings is 4. The average molecular weight is 534 g/mol. The van der Waals surface area contributed by atoms with Crippen LogP contribution in [0.2, 0.25) is 0 Å². The molecule has 40 heavy (non-hydrogen) atoms. The molecule has 1 unspecified atom stereocenters. The summed E-state index contributed by atoms with van der Waals surface area (Å²) in [7, 11) is 0. The number of hydrogen-bond donors (Lipinski definition) is 3. The van der Waals surface area contributed by atoms with Gasteiger partial charge in [0.15, 0.2) is 0 Å². The summed E-state index contributed by atoms with van der Waals surface area (Å²) in [6.07, 6.45) is 2.37. The van der Waals surface area contributed by atoms with E-state index in [2.05, 4.69) is 15.6 Å². The smallest absolute Gasteiger partial charge is 0.408 e. The molecule has 202 valence electrons. The van der Waals surface area contributed by atoms with Crippen LogP contribution in [0.3, 0.4) is 0 Å². The molecule has 4 aromatic carbocycles. The van der Waals surface area contributed by atoms with E-state index in [1.807, 2.05) is 103 Å². The van der Waals surface area contributed by atoms with Crippen molar-refractivity contribution < 1.29 is 19.1 Å². The van der Waals surface area contributed by atoms with Crippen molar-refractivity contribution in [3.63, 3.8) is 0 Å². The molecule has 0 radical (unpaired) electrons. The molecule has 1 heterocycles. The fourth-order valence-corrected chi connectivity index (χ4v) is 4.98. The first-order valence-corrected chi connectivity index (χ1v) is 13.2. The predicted octanol–water partition coefficient (Wildman–Crippen LogP) is 5.48. The average Bonchev–Trinajstić information content (AvgIpc) is 3.39. The molecular formula is C33H31N3O4. The second-order valence-electron chi connectivity index (χ2n) is 10.2. The van der Waals surface area contributed by atoms with Gasteiger partial charge < -0.3 is 25.1 Å². The van der Waals surface area contributed by atoms with Crippen LogP contribution in [0.25, 0.3) is 21.7 Å². The minimum absolute atomic E-state index is 0.0503. The highest BCUT2D eigenvalue weighted by Crippen LogP contribution is 2.21. The zero-order valence-corrected chi connectivity index (χ0v) is 22.2. The van der Waals surface area contributed by atoms with Crippen molar-refractivity contribution in [3.8, 4) is 0 Å². The number of fused-ring (bicyclic) bond motifs is 2. The van der Waals surface area contributed by atoms with E-state index >= 15 is 0 Å². The highest BCUT2D eigenvalue weighted by atomic mass is 16.5. The van der Waals surface area contributed by atoms with Crippen molar-refractivity contribution in [3.05, 3.63) is 120 Å². The Bertz CT molecular complexity index is 1640. The van der Waals surface area contributed by atoms with E-state index in [-0.39, 0.29) is 13.0 Å². The molecule has 0 aliphatic heterocycles. The monoisotopic (exact) mass is 533 g/mol. The standard InChI is InChI=1S/C33H31N3O4/c1-33(22-37,19-23-10-3-2-4-11-23)36-31(38)30(18-26-20-34-29-17-8-7-16-28(26)29)35-32(39)40-21-25-14-9-13-24-12-5-6-15-27(24)25/h2-17,20,22,30,34H,18-19,21H2,1H3,(H,35,39)(H,36,38)/t30-,33?/m0/s1. The second kappa shape index (κ2) is 11.9. The zero-order chi connectivity index (χ0) is 28.0. The Morgan fingerprint density at radius 3 is 2.38 bits per heavy atom. The Morgan fingerprint density at radius 1 is 0.875 bits per heavy atom. The van der Waals surface area contributed by atoms with E-state index in [0.29, 0.717) is 6.42 Å². The van der Waals surface area contributed by atoms with Gasteiger partial charge in [0.2, 0.25) is 5.91 Å². The van der Waals surface area contributed by atoms with Crippen LogP contribution in [0.1, 0.15) is 23.6 Å². The number of ether oxygens (including phenoxy) is 1. The van der Waals surface area contributed by atoms with Crippen molar-refractivity contribution in [1.82, 2.24) is 15.6 Å². The maximum absolute atomic E-state index is 13.6. The molecule has 0 fully saturated rings. The quantitative estimate of drug-likeness (QED) is 0.207. The van der Waals surface area contributed by atoms with E-state index in [1.165, 1.54) is 0 Å². The minimum atomic E-state index is -1.16. The van der Waals surface area contributed by atoms with Crippen molar-refractivity contribution in [2.24, 2.45) is 0 Å². The SMILES string of the molecule is CC(C=O)(Cc1ccccc1)NC(=O)[C@H](Cc1c[nH]c2ccccc12)NC(=O)OCc1cccc2ccccc12. The molecule has 2 atom stereocenters. The molecule has 5 rings (SSSR count). The van der Waals surface area contributed by atoms with E-state index in [9.17, 15) is 14.4 Å². The molecular weight excluding hydrogens is 502 g/mol. The summed E-state index contributed by atoms with van der Waals surface area (Å²) in [6, 6.07) is 29.9. The van der Waals surface area contributed by atoms with Gasteiger partial charge in [0.05, 0.1) is 5.54 Å². The Morgan fingerprint density at radius 2 is 1.57 bits per heavy atom. The second-order valence-corrected chi connectivity index (χ2v) is 10.2. The van der Waals surface area contributed by atoms with Crippen LogP contribution in [0, 0.1) is 0 Å². The van der Waals surface area contributed by atoms with Crippen LogP contribution in [0.5, 0.6) is 0 Å². The van der Waals surface area contributed by atoms with E-state index in [4.69, 9.17) is 4.74 Å². The number of aromatic nitrogens is 1. The summed E-state index contributed by atoms with van der Waals surface area (Å²) in [4.78, 5) is 41.9. The first-order chi connectivity index (χ1) is 19.4. The topological polar surface area (TPSA) is 100 Å². The Hall–Kier alpha value is -4.91. The molecule has 0 saturated heterocycles. The Kier molecular flexibility index (Phi) is 7.92. The zero-order valence-electron chi connectivity index (χ0n) is 22.2. The molecule has 5 aromatic rings. The molecule has 0 aliphatic rings. The van der Waals surface area contributed by atoms with Gasteiger partial charge in [-0.25, -0.2) is 4.79 Å². The van der Waals surface area contributed by atoms with E-state index in [1.54, 1.807) is 6.92 Å². The lowest BCUT2D eigenvalue weighted by Gasteiger charge is -2.28. The summed E-state index contributed by atoms with van der Waals surface area (Å²) in [5, 5.41) is 8.61. The lowest BCUT2D eigenvalue weighted by Crippen LogP contribution is -2.56. The third-order valence-corrected chi connectivity index (χ3v) is 7.03. The molecule has 3 N–H and O–H groups in total. The number of hydrogen-bond acceptors (Lipinski definition) is 4. The van der Waals surface area contributed by atoms with Crippen LogP contribution < -0.4 is 10.6 Å². The molecule has 0 aliphatic carbocycles. The lowest BCUT2D eigenvalue weighted by molar-refractivity contribution is -0.127.